The monoisotopic (exact) mass is 423 g/mol. The molecule has 0 aliphatic heterocycles. The van der Waals surface area contributed by atoms with Crippen LogP contribution in [0.2, 0.25) is 0 Å². The van der Waals surface area contributed by atoms with Crippen molar-refractivity contribution in [2.75, 3.05) is 24.4 Å². The number of carbonyl (C=O) groups excluding carboxylic acids is 2. The van der Waals surface area contributed by atoms with Crippen molar-refractivity contribution < 1.29 is 19.1 Å². The van der Waals surface area contributed by atoms with Crippen molar-refractivity contribution in [1.29, 1.82) is 0 Å². The highest BCUT2D eigenvalue weighted by Gasteiger charge is 2.16. The number of anilines is 2. The predicted molar refractivity (Wildman–Crippen MR) is 119 cm³/mol. The minimum Gasteiger partial charge on any atom is -0.497 e. The Bertz CT molecular complexity index is 1030. The number of nitrogens with one attached hydrogen (secondary N) is 2. The molecule has 2 N–H and O–H groups in total. The van der Waals surface area contributed by atoms with Crippen molar-refractivity contribution in [3.63, 3.8) is 0 Å². The fourth-order valence-electron chi connectivity index (χ4n) is 2.54. The number of benzene rings is 2. The Hall–Kier alpha value is -3.65. The lowest BCUT2D eigenvalue weighted by Gasteiger charge is -2.03. The third-order valence-electron chi connectivity index (χ3n) is 3.94. The summed E-state index contributed by atoms with van der Waals surface area (Å²) in [5, 5.41) is 6.28. The maximum atomic E-state index is 12.5. The number of ether oxygens (including phenoxy) is 2. The smallest absolute Gasteiger partial charge is 0.413 e. The van der Waals surface area contributed by atoms with Gasteiger partial charge in [0.1, 0.15) is 16.4 Å². The van der Waals surface area contributed by atoms with Crippen LogP contribution in [0.25, 0.3) is 17.3 Å². The second-order valence-electron chi connectivity index (χ2n) is 6.00. The lowest BCUT2D eigenvalue weighted by atomic mass is 10.1. The van der Waals surface area contributed by atoms with Crippen LogP contribution in [-0.2, 0) is 9.53 Å². The number of nitrogens with zero attached hydrogens (tertiary/aromatic N) is 1. The van der Waals surface area contributed by atoms with E-state index in [1.54, 1.807) is 20.1 Å². The van der Waals surface area contributed by atoms with Crippen LogP contribution in [0.4, 0.5) is 14.9 Å². The zero-order chi connectivity index (χ0) is 21.3. The number of hydrogen-bond acceptors (Lipinski definition) is 6. The van der Waals surface area contributed by atoms with Gasteiger partial charge in [-0.3, -0.25) is 10.1 Å². The molecule has 7 nitrogen and oxygen atoms in total. The van der Waals surface area contributed by atoms with Gasteiger partial charge in [-0.1, -0.05) is 53.8 Å². The number of carbonyl (C=O) groups is 2. The lowest BCUT2D eigenvalue weighted by Crippen LogP contribution is -2.12. The summed E-state index contributed by atoms with van der Waals surface area (Å²) < 4.78 is 10.0. The van der Waals surface area contributed by atoms with Crippen molar-refractivity contribution in [2.24, 2.45) is 0 Å². The molecule has 0 unspecified atom stereocenters. The summed E-state index contributed by atoms with van der Waals surface area (Å²) in [6.07, 6.45) is 2.55. The van der Waals surface area contributed by atoms with Crippen LogP contribution >= 0.6 is 11.3 Å². The molecular formula is C22H21N3O4S. The van der Waals surface area contributed by atoms with E-state index in [4.69, 9.17) is 9.47 Å². The average Bonchev–Trinajstić information content (AvgIpc) is 3.15. The molecule has 0 saturated heterocycles. The Labute approximate surface area is 178 Å². The van der Waals surface area contributed by atoms with E-state index in [2.05, 4.69) is 15.6 Å². The molecule has 3 aromatic rings. The predicted octanol–water partition coefficient (Wildman–Crippen LogP) is 5.04. The number of aromatic nitrogens is 1. The quantitative estimate of drug-likeness (QED) is 0.520. The topological polar surface area (TPSA) is 89.5 Å². The van der Waals surface area contributed by atoms with E-state index in [-0.39, 0.29) is 12.5 Å². The first-order valence-electron chi connectivity index (χ1n) is 9.22. The lowest BCUT2D eigenvalue weighted by molar-refractivity contribution is -0.111. The molecule has 0 saturated carbocycles. The largest absolute Gasteiger partial charge is 0.497 e. The average molecular weight is 423 g/mol. The Morgan fingerprint density at radius 2 is 1.80 bits per heavy atom. The Morgan fingerprint density at radius 1 is 1.07 bits per heavy atom. The minimum absolute atomic E-state index is 0.252. The van der Waals surface area contributed by atoms with Crippen molar-refractivity contribution in [3.8, 4) is 17.0 Å². The molecule has 154 valence electrons. The Morgan fingerprint density at radius 3 is 2.47 bits per heavy atom. The molecule has 0 fully saturated rings. The molecule has 2 aromatic carbocycles. The third-order valence-corrected chi connectivity index (χ3v) is 4.82. The number of hydrogen-bond donors (Lipinski definition) is 2. The molecule has 0 spiro atoms. The maximum absolute atomic E-state index is 12.5. The molecule has 0 radical (unpaired) electrons. The zero-order valence-corrected chi connectivity index (χ0v) is 17.4. The Balaban J connectivity index is 1.78. The van der Waals surface area contributed by atoms with Gasteiger partial charge in [0.15, 0.2) is 5.13 Å². The first-order valence-corrected chi connectivity index (χ1v) is 10.0. The molecule has 30 heavy (non-hydrogen) atoms. The van der Waals surface area contributed by atoms with Gasteiger partial charge in [0.2, 0.25) is 5.91 Å². The summed E-state index contributed by atoms with van der Waals surface area (Å²) >= 11 is 1.16. The molecule has 1 heterocycles. The third kappa shape index (κ3) is 5.68. The van der Waals surface area contributed by atoms with E-state index in [0.717, 1.165) is 28.2 Å². The summed E-state index contributed by atoms with van der Waals surface area (Å²) in [4.78, 5) is 28.6. The van der Waals surface area contributed by atoms with Gasteiger partial charge in [-0.25, -0.2) is 9.78 Å². The number of thiazole rings is 1. The molecule has 2 amide bonds. The van der Waals surface area contributed by atoms with Gasteiger partial charge < -0.3 is 14.8 Å². The van der Waals surface area contributed by atoms with E-state index in [1.807, 2.05) is 54.6 Å². The molecule has 0 atom stereocenters. The van der Waals surface area contributed by atoms with Crippen molar-refractivity contribution in [3.05, 3.63) is 66.2 Å². The first-order chi connectivity index (χ1) is 14.6. The second-order valence-corrected chi connectivity index (χ2v) is 7.00. The normalized spacial score (nSPS) is 10.6. The van der Waals surface area contributed by atoms with Gasteiger partial charge in [0, 0.05) is 11.6 Å². The van der Waals surface area contributed by atoms with E-state index >= 15 is 0 Å². The van der Waals surface area contributed by atoms with Gasteiger partial charge in [-0.15, -0.1) is 0 Å². The van der Waals surface area contributed by atoms with Crippen LogP contribution in [0.15, 0.2) is 60.7 Å². The standard InChI is InChI=1S/C22H21N3O4S/c1-3-29-22(27)25-21-24-19(16-7-5-4-6-8-16)20(30-21)23-18(26)14-11-15-9-12-17(28-2)13-10-15/h4-14H,3H2,1-2H3,(H,23,26)(H,24,25,27)/b14-11-. The van der Waals surface area contributed by atoms with Crippen molar-refractivity contribution in [2.45, 2.75) is 6.92 Å². The summed E-state index contributed by atoms with van der Waals surface area (Å²) in [7, 11) is 1.60. The molecule has 1 aromatic heterocycles. The van der Waals surface area contributed by atoms with Gasteiger partial charge in [0.05, 0.1) is 13.7 Å². The van der Waals surface area contributed by atoms with Gasteiger partial charge in [-0.2, -0.15) is 0 Å². The molecule has 0 aliphatic rings. The number of methoxy groups -OCH3 is 1. The van der Waals surface area contributed by atoms with Crippen LogP contribution < -0.4 is 15.4 Å². The van der Waals surface area contributed by atoms with E-state index in [9.17, 15) is 9.59 Å². The first kappa shape index (κ1) is 21.1. The van der Waals surface area contributed by atoms with E-state index in [1.165, 1.54) is 6.08 Å². The summed E-state index contributed by atoms with van der Waals surface area (Å²) in [6.45, 7) is 1.97. The fraction of sp³-hybridized carbons (Fsp3) is 0.136. The van der Waals surface area contributed by atoms with Crippen LogP contribution in [-0.4, -0.2) is 30.7 Å². The van der Waals surface area contributed by atoms with E-state index < -0.39 is 6.09 Å². The fourth-order valence-corrected chi connectivity index (χ4v) is 3.42. The highest BCUT2D eigenvalue weighted by Crippen LogP contribution is 2.36. The maximum Gasteiger partial charge on any atom is 0.413 e. The SMILES string of the molecule is CCOC(=O)Nc1nc(-c2ccccc2)c(NC(=O)/C=C\c2ccc(OC)cc2)s1. The Kier molecular flexibility index (Phi) is 7.18. The van der Waals surface area contributed by atoms with Gasteiger partial charge in [0.25, 0.3) is 0 Å². The van der Waals surface area contributed by atoms with Crippen molar-refractivity contribution >= 4 is 39.5 Å². The summed E-state index contributed by atoms with van der Waals surface area (Å²) in [6, 6.07) is 16.8. The second kappa shape index (κ2) is 10.2. The molecular weight excluding hydrogens is 402 g/mol. The molecule has 3 rings (SSSR count). The summed E-state index contributed by atoms with van der Waals surface area (Å²) in [5.41, 5.74) is 2.25. The highest BCUT2D eigenvalue weighted by molar-refractivity contribution is 7.20. The number of amides is 2. The van der Waals surface area contributed by atoms with Gasteiger partial charge >= 0.3 is 6.09 Å². The van der Waals surface area contributed by atoms with Crippen molar-refractivity contribution in [1.82, 2.24) is 4.98 Å². The minimum atomic E-state index is -0.594. The van der Waals surface area contributed by atoms with Gasteiger partial charge in [-0.05, 0) is 30.7 Å². The number of rotatable bonds is 7. The van der Waals surface area contributed by atoms with Crippen LogP contribution in [0, 0.1) is 0 Å². The molecule has 0 bridgehead atoms. The zero-order valence-electron chi connectivity index (χ0n) is 16.5. The van der Waals surface area contributed by atoms with Crippen LogP contribution in [0.5, 0.6) is 5.75 Å². The van der Waals surface area contributed by atoms with Crippen LogP contribution in [0.3, 0.4) is 0 Å². The molecule has 0 aliphatic carbocycles. The highest BCUT2D eigenvalue weighted by atomic mass is 32.1. The summed E-state index contributed by atoms with van der Waals surface area (Å²) in [5.74, 6) is 0.435. The molecule has 8 heteroatoms. The van der Waals surface area contributed by atoms with Crippen LogP contribution in [0.1, 0.15) is 12.5 Å². The van der Waals surface area contributed by atoms with E-state index in [0.29, 0.717) is 15.8 Å².